The number of hydrogen-bond acceptors (Lipinski definition) is 1. The van der Waals surface area contributed by atoms with Gasteiger partial charge in [-0.05, 0) is 18.5 Å². The zero-order chi connectivity index (χ0) is 8.69. The van der Waals surface area contributed by atoms with Gasteiger partial charge in [0.1, 0.15) is 0 Å². The predicted molar refractivity (Wildman–Crippen MR) is 51.7 cm³/mol. The number of carbonyl (C=O) groups is 1. The Kier molecular flexibility index (Phi) is 6.54. The van der Waals surface area contributed by atoms with E-state index in [2.05, 4.69) is 28.4 Å². The summed E-state index contributed by atoms with van der Waals surface area (Å²) in [4.78, 5) is 10.9. The standard InChI is InChI=1S/C8H18NOP/c1-7(2)3-5-9-8(10)4-6-11/h7H,3-6,11H2,1-2H3,(H,9,10). The summed E-state index contributed by atoms with van der Waals surface area (Å²) in [5, 5.41) is 2.86. The maximum absolute atomic E-state index is 10.9. The van der Waals surface area contributed by atoms with Gasteiger partial charge in [-0.1, -0.05) is 13.8 Å². The van der Waals surface area contributed by atoms with Crippen LogP contribution in [0.1, 0.15) is 26.7 Å². The van der Waals surface area contributed by atoms with Crippen molar-refractivity contribution in [3.63, 3.8) is 0 Å². The van der Waals surface area contributed by atoms with E-state index in [-0.39, 0.29) is 5.91 Å². The molecule has 11 heavy (non-hydrogen) atoms. The van der Waals surface area contributed by atoms with Gasteiger partial charge in [0.15, 0.2) is 0 Å². The normalized spacial score (nSPS) is 10.2. The lowest BCUT2D eigenvalue weighted by Crippen LogP contribution is -2.25. The molecule has 1 amide bonds. The summed E-state index contributed by atoms with van der Waals surface area (Å²) in [7, 11) is 2.55. The van der Waals surface area contributed by atoms with E-state index in [1.54, 1.807) is 0 Å². The fourth-order valence-electron chi connectivity index (χ4n) is 0.720. The molecule has 0 fully saturated rings. The lowest BCUT2D eigenvalue weighted by molar-refractivity contribution is -0.120. The van der Waals surface area contributed by atoms with E-state index in [0.717, 1.165) is 19.1 Å². The SMILES string of the molecule is CC(C)CCNC(=O)CCP. The summed E-state index contributed by atoms with van der Waals surface area (Å²) < 4.78 is 0. The Morgan fingerprint density at radius 3 is 2.64 bits per heavy atom. The number of carbonyl (C=O) groups excluding carboxylic acids is 1. The average Bonchev–Trinajstić information content (AvgIpc) is 1.87. The van der Waals surface area contributed by atoms with Gasteiger partial charge >= 0.3 is 0 Å². The van der Waals surface area contributed by atoms with Gasteiger partial charge in [-0.25, -0.2) is 0 Å². The predicted octanol–water partition coefficient (Wildman–Crippen LogP) is 1.41. The molecule has 1 N–H and O–H groups in total. The van der Waals surface area contributed by atoms with Crippen LogP contribution in [0.4, 0.5) is 0 Å². The molecule has 1 atom stereocenters. The lowest BCUT2D eigenvalue weighted by Gasteiger charge is -2.05. The summed E-state index contributed by atoms with van der Waals surface area (Å²) in [6.07, 6.45) is 2.55. The molecule has 0 bridgehead atoms. The zero-order valence-electron chi connectivity index (χ0n) is 7.39. The first-order chi connectivity index (χ1) is 5.16. The van der Waals surface area contributed by atoms with Gasteiger partial charge in [-0.15, -0.1) is 9.24 Å². The van der Waals surface area contributed by atoms with Crippen LogP contribution in [-0.2, 0) is 4.79 Å². The summed E-state index contributed by atoms with van der Waals surface area (Å²) >= 11 is 0. The number of nitrogens with one attached hydrogen (secondary N) is 1. The zero-order valence-corrected chi connectivity index (χ0v) is 8.55. The fraction of sp³-hybridized carbons (Fsp3) is 0.875. The molecule has 0 saturated carbocycles. The molecule has 0 saturated heterocycles. The third-order valence-corrected chi connectivity index (χ3v) is 1.70. The van der Waals surface area contributed by atoms with Gasteiger partial charge in [0, 0.05) is 13.0 Å². The number of hydrogen-bond donors (Lipinski definition) is 1. The Morgan fingerprint density at radius 2 is 2.18 bits per heavy atom. The largest absolute Gasteiger partial charge is 0.356 e. The molecule has 0 radical (unpaired) electrons. The van der Waals surface area contributed by atoms with E-state index in [1.807, 2.05) is 0 Å². The fourth-order valence-corrected chi connectivity index (χ4v) is 0.982. The van der Waals surface area contributed by atoms with E-state index >= 15 is 0 Å². The minimum Gasteiger partial charge on any atom is -0.356 e. The van der Waals surface area contributed by atoms with Gasteiger partial charge < -0.3 is 5.32 Å². The molecule has 0 aromatic heterocycles. The monoisotopic (exact) mass is 175 g/mol. The van der Waals surface area contributed by atoms with Crippen molar-refractivity contribution in [1.82, 2.24) is 5.32 Å². The lowest BCUT2D eigenvalue weighted by atomic mass is 10.1. The van der Waals surface area contributed by atoms with Gasteiger partial charge in [0.2, 0.25) is 5.91 Å². The maximum atomic E-state index is 10.9. The Labute approximate surface area is 71.3 Å². The Balaban J connectivity index is 3.17. The minimum atomic E-state index is 0.167. The van der Waals surface area contributed by atoms with Crippen molar-refractivity contribution in [1.29, 1.82) is 0 Å². The number of rotatable bonds is 5. The molecule has 0 aromatic carbocycles. The van der Waals surface area contributed by atoms with Crippen molar-refractivity contribution >= 4 is 15.1 Å². The Hall–Kier alpha value is -0.100. The van der Waals surface area contributed by atoms with Crippen LogP contribution in [0.25, 0.3) is 0 Å². The smallest absolute Gasteiger partial charge is 0.220 e. The van der Waals surface area contributed by atoms with Crippen molar-refractivity contribution in [2.24, 2.45) is 5.92 Å². The van der Waals surface area contributed by atoms with Gasteiger partial charge in [-0.2, -0.15) is 0 Å². The van der Waals surface area contributed by atoms with Gasteiger partial charge in [0.25, 0.3) is 0 Å². The van der Waals surface area contributed by atoms with Crippen LogP contribution in [0.5, 0.6) is 0 Å². The highest BCUT2D eigenvalue weighted by molar-refractivity contribution is 7.16. The van der Waals surface area contributed by atoms with Crippen LogP contribution in [0.15, 0.2) is 0 Å². The first-order valence-electron chi connectivity index (χ1n) is 4.13. The molecule has 0 heterocycles. The molecule has 0 aliphatic rings. The van der Waals surface area contributed by atoms with E-state index < -0.39 is 0 Å². The second kappa shape index (κ2) is 6.60. The summed E-state index contributed by atoms with van der Waals surface area (Å²) in [6, 6.07) is 0. The van der Waals surface area contributed by atoms with Gasteiger partial charge in [0.05, 0.1) is 0 Å². The van der Waals surface area contributed by atoms with Crippen LogP contribution in [0, 0.1) is 5.92 Å². The van der Waals surface area contributed by atoms with Crippen molar-refractivity contribution in [2.45, 2.75) is 26.7 Å². The van der Waals surface area contributed by atoms with Crippen LogP contribution in [0.2, 0.25) is 0 Å². The summed E-state index contributed by atoms with van der Waals surface area (Å²) in [6.45, 7) is 5.13. The van der Waals surface area contributed by atoms with Gasteiger partial charge in [-0.3, -0.25) is 4.79 Å². The third kappa shape index (κ3) is 7.80. The van der Waals surface area contributed by atoms with E-state index in [1.165, 1.54) is 0 Å². The van der Waals surface area contributed by atoms with Crippen LogP contribution in [-0.4, -0.2) is 18.6 Å². The highest BCUT2D eigenvalue weighted by atomic mass is 31.0. The second-order valence-electron chi connectivity index (χ2n) is 3.07. The average molecular weight is 175 g/mol. The molecule has 3 heteroatoms. The second-order valence-corrected chi connectivity index (χ2v) is 3.65. The van der Waals surface area contributed by atoms with Crippen molar-refractivity contribution in [3.05, 3.63) is 0 Å². The summed E-state index contributed by atoms with van der Waals surface area (Å²) in [5.41, 5.74) is 0. The van der Waals surface area contributed by atoms with Crippen molar-refractivity contribution in [3.8, 4) is 0 Å². The van der Waals surface area contributed by atoms with Crippen LogP contribution in [0.3, 0.4) is 0 Å². The molecule has 1 unspecified atom stereocenters. The van der Waals surface area contributed by atoms with Crippen LogP contribution < -0.4 is 5.32 Å². The molecule has 2 nitrogen and oxygen atoms in total. The highest BCUT2D eigenvalue weighted by Gasteiger charge is 1.98. The Bertz CT molecular complexity index is 115. The molecular weight excluding hydrogens is 157 g/mol. The maximum Gasteiger partial charge on any atom is 0.220 e. The molecule has 0 aliphatic heterocycles. The molecule has 0 rings (SSSR count). The van der Waals surface area contributed by atoms with E-state index in [0.29, 0.717) is 12.3 Å². The highest BCUT2D eigenvalue weighted by Crippen LogP contribution is 1.96. The Morgan fingerprint density at radius 1 is 1.55 bits per heavy atom. The van der Waals surface area contributed by atoms with E-state index in [4.69, 9.17) is 0 Å². The molecule has 0 spiro atoms. The summed E-state index contributed by atoms with van der Waals surface area (Å²) in [5.74, 6) is 0.840. The van der Waals surface area contributed by atoms with Crippen molar-refractivity contribution < 1.29 is 4.79 Å². The molecule has 66 valence electrons. The minimum absolute atomic E-state index is 0.167. The van der Waals surface area contributed by atoms with Crippen molar-refractivity contribution in [2.75, 3.05) is 12.7 Å². The van der Waals surface area contributed by atoms with Crippen LogP contribution >= 0.6 is 9.24 Å². The molecule has 0 aliphatic carbocycles. The number of amides is 1. The van der Waals surface area contributed by atoms with E-state index in [9.17, 15) is 4.79 Å². The quantitative estimate of drug-likeness (QED) is 0.629. The molecular formula is C8H18NOP. The molecule has 0 aromatic rings. The first kappa shape index (κ1) is 10.9. The topological polar surface area (TPSA) is 29.1 Å². The first-order valence-corrected chi connectivity index (χ1v) is 4.95. The third-order valence-electron chi connectivity index (χ3n) is 1.42.